The Morgan fingerprint density at radius 2 is 1.77 bits per heavy atom. The molecular formula is C20H20ClFN4. The minimum atomic E-state index is -0.244. The first kappa shape index (κ1) is 18.1. The zero-order valence-corrected chi connectivity index (χ0v) is 15.2. The average Bonchev–Trinajstić information content (AvgIpc) is 2.61. The van der Waals surface area contributed by atoms with Gasteiger partial charge in [0, 0.05) is 29.9 Å². The van der Waals surface area contributed by atoms with E-state index < -0.39 is 0 Å². The molecule has 1 heterocycles. The maximum absolute atomic E-state index is 13.0. The average molecular weight is 371 g/mol. The molecule has 26 heavy (non-hydrogen) atoms. The van der Waals surface area contributed by atoms with Gasteiger partial charge in [0.1, 0.15) is 11.6 Å². The highest BCUT2D eigenvalue weighted by Crippen LogP contribution is 2.13. The molecule has 0 amide bonds. The molecule has 0 atom stereocenters. The Bertz CT molecular complexity index is 868. The van der Waals surface area contributed by atoms with Gasteiger partial charge in [0.15, 0.2) is 0 Å². The molecule has 4 nitrogen and oxygen atoms in total. The number of rotatable bonds is 7. The molecule has 0 saturated heterocycles. The van der Waals surface area contributed by atoms with Crippen molar-refractivity contribution in [2.75, 3.05) is 17.2 Å². The molecule has 0 radical (unpaired) electrons. The van der Waals surface area contributed by atoms with E-state index in [1.807, 2.05) is 31.2 Å². The standard InChI is InChI=1S/C20H20ClFN4/c1-14-11-19(23-10-9-15-3-2-4-17(21)12-15)26-20(25-14)24-13-16-5-7-18(22)8-6-16/h2-8,11-12H,9-10,13H2,1H3,(H2,23,24,25,26). The number of halogens is 2. The van der Waals surface area contributed by atoms with Gasteiger partial charge in [0.2, 0.25) is 5.95 Å². The molecule has 134 valence electrons. The van der Waals surface area contributed by atoms with Gasteiger partial charge in [0.05, 0.1) is 0 Å². The summed E-state index contributed by atoms with van der Waals surface area (Å²) in [5.41, 5.74) is 3.00. The molecule has 3 rings (SSSR count). The molecule has 0 aliphatic carbocycles. The Labute approximate surface area is 157 Å². The van der Waals surface area contributed by atoms with Crippen molar-refractivity contribution in [2.24, 2.45) is 0 Å². The Kier molecular flexibility index (Phi) is 6.02. The Balaban J connectivity index is 1.57. The molecule has 0 fully saturated rings. The van der Waals surface area contributed by atoms with Crippen molar-refractivity contribution in [1.82, 2.24) is 9.97 Å². The normalized spacial score (nSPS) is 10.6. The molecule has 1 aromatic heterocycles. The maximum Gasteiger partial charge on any atom is 0.225 e. The van der Waals surface area contributed by atoms with Crippen molar-refractivity contribution >= 4 is 23.4 Å². The highest BCUT2D eigenvalue weighted by Gasteiger charge is 2.03. The van der Waals surface area contributed by atoms with Crippen LogP contribution in [0.4, 0.5) is 16.2 Å². The topological polar surface area (TPSA) is 49.8 Å². The van der Waals surface area contributed by atoms with Gasteiger partial charge in [-0.25, -0.2) is 9.37 Å². The number of nitrogens with one attached hydrogen (secondary N) is 2. The first-order chi connectivity index (χ1) is 12.6. The van der Waals surface area contributed by atoms with Crippen LogP contribution in [-0.4, -0.2) is 16.5 Å². The van der Waals surface area contributed by atoms with Crippen molar-refractivity contribution < 1.29 is 4.39 Å². The van der Waals surface area contributed by atoms with Crippen LogP contribution in [0.25, 0.3) is 0 Å². The minimum Gasteiger partial charge on any atom is -0.370 e. The van der Waals surface area contributed by atoms with E-state index in [0.29, 0.717) is 12.5 Å². The van der Waals surface area contributed by atoms with E-state index in [1.165, 1.54) is 17.7 Å². The summed E-state index contributed by atoms with van der Waals surface area (Å²) < 4.78 is 13.0. The third-order valence-electron chi connectivity index (χ3n) is 3.83. The molecule has 3 aromatic rings. The smallest absolute Gasteiger partial charge is 0.225 e. The fourth-order valence-corrected chi connectivity index (χ4v) is 2.76. The van der Waals surface area contributed by atoms with Gasteiger partial charge < -0.3 is 10.6 Å². The van der Waals surface area contributed by atoms with Gasteiger partial charge in [-0.3, -0.25) is 0 Å². The van der Waals surface area contributed by atoms with E-state index in [-0.39, 0.29) is 5.82 Å². The van der Waals surface area contributed by atoms with Gasteiger partial charge >= 0.3 is 0 Å². The lowest BCUT2D eigenvalue weighted by molar-refractivity contribution is 0.627. The van der Waals surface area contributed by atoms with Crippen LogP contribution in [0.15, 0.2) is 54.6 Å². The number of hydrogen-bond donors (Lipinski definition) is 2. The molecule has 0 bridgehead atoms. The Hall–Kier alpha value is -2.66. The first-order valence-corrected chi connectivity index (χ1v) is 8.78. The maximum atomic E-state index is 13.0. The summed E-state index contributed by atoms with van der Waals surface area (Å²) in [7, 11) is 0. The first-order valence-electron chi connectivity index (χ1n) is 8.41. The van der Waals surface area contributed by atoms with E-state index in [4.69, 9.17) is 11.6 Å². The number of aromatic nitrogens is 2. The fraction of sp³-hybridized carbons (Fsp3) is 0.200. The van der Waals surface area contributed by atoms with Crippen molar-refractivity contribution in [3.63, 3.8) is 0 Å². The molecule has 0 aliphatic heterocycles. The Morgan fingerprint density at radius 3 is 2.54 bits per heavy atom. The summed E-state index contributed by atoms with van der Waals surface area (Å²) in [4.78, 5) is 8.87. The molecule has 6 heteroatoms. The van der Waals surface area contributed by atoms with Crippen LogP contribution in [0.1, 0.15) is 16.8 Å². The molecule has 0 spiro atoms. The van der Waals surface area contributed by atoms with E-state index in [0.717, 1.165) is 35.1 Å². The third kappa shape index (κ3) is 5.43. The minimum absolute atomic E-state index is 0.244. The van der Waals surface area contributed by atoms with Crippen LogP contribution in [0.5, 0.6) is 0 Å². The summed E-state index contributed by atoms with van der Waals surface area (Å²) in [5, 5.41) is 7.23. The Morgan fingerprint density at radius 1 is 0.962 bits per heavy atom. The van der Waals surface area contributed by atoms with Crippen molar-refractivity contribution in [3.8, 4) is 0 Å². The highest BCUT2D eigenvalue weighted by molar-refractivity contribution is 6.30. The van der Waals surface area contributed by atoms with Gasteiger partial charge in [0.25, 0.3) is 0 Å². The predicted octanol–water partition coefficient (Wildman–Crippen LogP) is 4.84. The zero-order valence-electron chi connectivity index (χ0n) is 14.5. The van der Waals surface area contributed by atoms with E-state index in [9.17, 15) is 4.39 Å². The lowest BCUT2D eigenvalue weighted by Crippen LogP contribution is -2.10. The van der Waals surface area contributed by atoms with E-state index in [1.54, 1.807) is 12.1 Å². The number of benzene rings is 2. The van der Waals surface area contributed by atoms with Crippen LogP contribution < -0.4 is 10.6 Å². The molecule has 0 unspecified atom stereocenters. The van der Waals surface area contributed by atoms with Gasteiger partial charge in [-0.1, -0.05) is 35.9 Å². The van der Waals surface area contributed by atoms with Crippen molar-refractivity contribution in [2.45, 2.75) is 19.9 Å². The monoisotopic (exact) mass is 370 g/mol. The fourth-order valence-electron chi connectivity index (χ4n) is 2.55. The van der Waals surface area contributed by atoms with Crippen LogP contribution >= 0.6 is 11.6 Å². The third-order valence-corrected chi connectivity index (χ3v) is 4.06. The molecular weight excluding hydrogens is 351 g/mol. The van der Waals surface area contributed by atoms with E-state index >= 15 is 0 Å². The van der Waals surface area contributed by atoms with Crippen LogP contribution in [0, 0.1) is 12.7 Å². The molecule has 2 aromatic carbocycles. The SMILES string of the molecule is Cc1cc(NCCc2cccc(Cl)c2)nc(NCc2ccc(F)cc2)n1. The van der Waals surface area contributed by atoms with E-state index in [2.05, 4.69) is 26.7 Å². The van der Waals surface area contributed by atoms with Crippen molar-refractivity contribution in [1.29, 1.82) is 0 Å². The van der Waals surface area contributed by atoms with Gasteiger partial charge in [-0.2, -0.15) is 4.98 Å². The second-order valence-corrected chi connectivity index (χ2v) is 6.44. The second kappa shape index (κ2) is 8.63. The van der Waals surface area contributed by atoms with Crippen LogP contribution in [0.3, 0.4) is 0 Å². The second-order valence-electron chi connectivity index (χ2n) is 6.00. The lowest BCUT2D eigenvalue weighted by Gasteiger charge is -2.10. The molecule has 2 N–H and O–H groups in total. The summed E-state index contributed by atoms with van der Waals surface area (Å²) in [6.07, 6.45) is 0.849. The zero-order chi connectivity index (χ0) is 18.4. The van der Waals surface area contributed by atoms with Gasteiger partial charge in [-0.05, 0) is 48.7 Å². The number of anilines is 2. The summed E-state index contributed by atoms with van der Waals surface area (Å²) in [5.74, 6) is 1.06. The van der Waals surface area contributed by atoms with Crippen LogP contribution in [-0.2, 0) is 13.0 Å². The quantitative estimate of drug-likeness (QED) is 0.624. The number of aryl methyl sites for hydroxylation is 1. The molecule has 0 aliphatic rings. The highest BCUT2D eigenvalue weighted by atomic mass is 35.5. The number of hydrogen-bond acceptors (Lipinski definition) is 4. The van der Waals surface area contributed by atoms with Crippen LogP contribution in [0.2, 0.25) is 5.02 Å². The predicted molar refractivity (Wildman–Crippen MR) is 104 cm³/mol. The largest absolute Gasteiger partial charge is 0.370 e. The summed E-state index contributed by atoms with van der Waals surface area (Å²) in [6, 6.07) is 16.1. The summed E-state index contributed by atoms with van der Waals surface area (Å²) >= 11 is 6.01. The van der Waals surface area contributed by atoms with Crippen molar-refractivity contribution in [3.05, 3.63) is 82.3 Å². The molecule has 0 saturated carbocycles. The lowest BCUT2D eigenvalue weighted by atomic mass is 10.1. The van der Waals surface area contributed by atoms with Gasteiger partial charge in [-0.15, -0.1) is 0 Å². The number of nitrogens with zero attached hydrogens (tertiary/aromatic N) is 2. The summed E-state index contributed by atoms with van der Waals surface area (Å²) in [6.45, 7) is 3.20.